The summed E-state index contributed by atoms with van der Waals surface area (Å²) in [7, 11) is -3.45. The first-order valence-electron chi connectivity index (χ1n) is 6.95. The third-order valence-electron chi connectivity index (χ3n) is 3.87. The highest BCUT2D eigenvalue weighted by atomic mass is 32.2. The average molecular weight is 290 g/mol. The van der Waals surface area contributed by atoms with Crippen LogP contribution in [0.25, 0.3) is 6.08 Å². The van der Waals surface area contributed by atoms with Crippen LogP contribution in [0, 0.1) is 0 Å². The number of amidine groups is 1. The molecule has 0 spiro atoms. The Balaban J connectivity index is 2.07. The maximum atomic E-state index is 11.6. The normalized spacial score (nSPS) is 21.0. The lowest BCUT2D eigenvalue weighted by Crippen LogP contribution is -2.24. The van der Waals surface area contributed by atoms with E-state index in [1.807, 2.05) is 18.2 Å². The molecule has 20 heavy (non-hydrogen) atoms. The van der Waals surface area contributed by atoms with Crippen molar-refractivity contribution in [2.75, 3.05) is 0 Å². The lowest BCUT2D eigenvalue weighted by atomic mass is 9.91. The maximum Gasteiger partial charge on any atom is 0.259 e. The van der Waals surface area contributed by atoms with Crippen LogP contribution in [0.5, 0.6) is 0 Å². The third kappa shape index (κ3) is 2.63. The smallest absolute Gasteiger partial charge is 0.259 e. The molecule has 0 amide bonds. The summed E-state index contributed by atoms with van der Waals surface area (Å²) in [5, 5.41) is 0. The molecule has 1 aromatic rings. The van der Waals surface area contributed by atoms with Crippen LogP contribution in [0.3, 0.4) is 0 Å². The van der Waals surface area contributed by atoms with Gasteiger partial charge in [-0.25, -0.2) is 8.42 Å². The average Bonchev–Trinajstić information content (AvgIpc) is 2.38. The fourth-order valence-electron chi connectivity index (χ4n) is 2.97. The first kappa shape index (κ1) is 13.4. The van der Waals surface area contributed by atoms with E-state index in [4.69, 9.17) is 5.73 Å². The molecule has 0 aromatic heterocycles. The van der Waals surface area contributed by atoms with E-state index in [-0.39, 0.29) is 11.6 Å². The van der Waals surface area contributed by atoms with Crippen molar-refractivity contribution in [2.24, 2.45) is 10.1 Å². The molecule has 3 rings (SSSR count). The van der Waals surface area contributed by atoms with Crippen molar-refractivity contribution in [3.05, 3.63) is 40.5 Å². The Bertz CT molecular complexity index is 695. The molecule has 106 valence electrons. The number of fused-ring (bicyclic) bond motifs is 1. The molecule has 2 N–H and O–H groups in total. The van der Waals surface area contributed by atoms with Gasteiger partial charge in [0, 0.05) is 5.56 Å². The highest BCUT2D eigenvalue weighted by molar-refractivity contribution is 7.89. The summed E-state index contributed by atoms with van der Waals surface area (Å²) < 4.78 is 26.9. The SMILES string of the molecule is NC1=NS(=O)(=O)Cc2cccc(C=C3CCCCC3)c21. The summed E-state index contributed by atoms with van der Waals surface area (Å²) in [6, 6.07) is 5.69. The molecule has 0 bridgehead atoms. The fourth-order valence-corrected chi connectivity index (χ4v) is 4.06. The van der Waals surface area contributed by atoms with Crippen molar-refractivity contribution in [3.63, 3.8) is 0 Å². The van der Waals surface area contributed by atoms with E-state index in [2.05, 4.69) is 10.5 Å². The summed E-state index contributed by atoms with van der Waals surface area (Å²) in [5.41, 5.74) is 9.83. The highest BCUT2D eigenvalue weighted by Gasteiger charge is 2.23. The Labute approximate surface area is 119 Å². The van der Waals surface area contributed by atoms with Gasteiger partial charge in [0.15, 0.2) is 0 Å². The summed E-state index contributed by atoms with van der Waals surface area (Å²) >= 11 is 0. The largest absolute Gasteiger partial charge is 0.383 e. The van der Waals surface area contributed by atoms with E-state index in [1.54, 1.807) is 0 Å². The number of allylic oxidation sites excluding steroid dienone is 1. The van der Waals surface area contributed by atoms with Crippen LogP contribution in [-0.2, 0) is 15.8 Å². The molecule has 0 saturated heterocycles. The van der Waals surface area contributed by atoms with E-state index in [0.717, 1.165) is 29.5 Å². The summed E-state index contributed by atoms with van der Waals surface area (Å²) in [5.74, 6) is 0.0644. The Kier molecular flexibility index (Phi) is 3.38. The number of nitrogens with zero attached hydrogens (tertiary/aromatic N) is 1. The molecule has 5 heteroatoms. The van der Waals surface area contributed by atoms with Crippen LogP contribution in [0.1, 0.15) is 48.8 Å². The minimum atomic E-state index is -3.45. The summed E-state index contributed by atoms with van der Waals surface area (Å²) in [6.45, 7) is 0. The van der Waals surface area contributed by atoms with Crippen molar-refractivity contribution >= 4 is 21.9 Å². The number of nitrogens with two attached hydrogens (primary N) is 1. The van der Waals surface area contributed by atoms with E-state index in [1.165, 1.54) is 24.8 Å². The van der Waals surface area contributed by atoms with Crippen LogP contribution in [0.4, 0.5) is 0 Å². The van der Waals surface area contributed by atoms with Gasteiger partial charge in [-0.05, 0) is 36.8 Å². The zero-order valence-corrected chi connectivity index (χ0v) is 12.1. The van der Waals surface area contributed by atoms with Gasteiger partial charge in [0.05, 0.1) is 5.75 Å². The zero-order chi connectivity index (χ0) is 14.2. The fraction of sp³-hybridized carbons (Fsp3) is 0.400. The van der Waals surface area contributed by atoms with Gasteiger partial charge in [0.1, 0.15) is 5.84 Å². The number of hydrogen-bond acceptors (Lipinski definition) is 3. The molecule has 4 nitrogen and oxygen atoms in total. The van der Waals surface area contributed by atoms with Gasteiger partial charge in [-0.3, -0.25) is 0 Å². The van der Waals surface area contributed by atoms with E-state index < -0.39 is 10.0 Å². The predicted molar refractivity (Wildman–Crippen MR) is 80.9 cm³/mol. The molecule has 1 heterocycles. The van der Waals surface area contributed by atoms with Crippen LogP contribution >= 0.6 is 0 Å². The topological polar surface area (TPSA) is 72.5 Å². The third-order valence-corrected chi connectivity index (χ3v) is 5.02. The summed E-state index contributed by atoms with van der Waals surface area (Å²) in [6.07, 6.45) is 8.18. The molecule has 1 fully saturated rings. The number of hydrogen-bond donors (Lipinski definition) is 1. The molecule has 1 saturated carbocycles. The number of benzene rings is 1. The standard InChI is InChI=1S/C15H18N2O2S/c16-15-14-12(9-11-5-2-1-3-6-11)7-4-8-13(14)10-20(18,19)17-15/h4,7-9H,1-3,5-6,10H2,(H2,16,17). The number of rotatable bonds is 1. The second-order valence-electron chi connectivity index (χ2n) is 5.45. The second-order valence-corrected chi connectivity index (χ2v) is 7.08. The van der Waals surface area contributed by atoms with Gasteiger partial charge < -0.3 is 5.73 Å². The van der Waals surface area contributed by atoms with Crippen LogP contribution < -0.4 is 5.73 Å². The van der Waals surface area contributed by atoms with Crippen LogP contribution in [0.15, 0.2) is 28.2 Å². The Morgan fingerprint density at radius 1 is 1.15 bits per heavy atom. The van der Waals surface area contributed by atoms with Crippen molar-refractivity contribution in [3.8, 4) is 0 Å². The Hall–Kier alpha value is -1.62. The van der Waals surface area contributed by atoms with Crippen molar-refractivity contribution in [1.82, 2.24) is 0 Å². The lowest BCUT2D eigenvalue weighted by molar-refractivity contribution is 0.596. The van der Waals surface area contributed by atoms with E-state index >= 15 is 0 Å². The van der Waals surface area contributed by atoms with Gasteiger partial charge in [0.2, 0.25) is 0 Å². The van der Waals surface area contributed by atoms with Gasteiger partial charge >= 0.3 is 0 Å². The molecule has 2 aliphatic rings. The monoisotopic (exact) mass is 290 g/mol. The molecule has 0 radical (unpaired) electrons. The summed E-state index contributed by atoms with van der Waals surface area (Å²) in [4.78, 5) is 0. The Morgan fingerprint density at radius 3 is 2.65 bits per heavy atom. The van der Waals surface area contributed by atoms with Crippen LogP contribution in [-0.4, -0.2) is 14.3 Å². The molecule has 1 aliphatic heterocycles. The van der Waals surface area contributed by atoms with Crippen molar-refractivity contribution < 1.29 is 8.42 Å². The van der Waals surface area contributed by atoms with Gasteiger partial charge in [-0.1, -0.05) is 36.3 Å². The molecule has 0 unspecified atom stereocenters. The minimum absolute atomic E-state index is 0.0555. The van der Waals surface area contributed by atoms with Gasteiger partial charge in [-0.2, -0.15) is 0 Å². The highest BCUT2D eigenvalue weighted by Crippen LogP contribution is 2.28. The predicted octanol–water partition coefficient (Wildman–Crippen LogP) is 2.58. The lowest BCUT2D eigenvalue weighted by Gasteiger charge is -2.18. The quantitative estimate of drug-likeness (QED) is 0.864. The second kappa shape index (κ2) is 5.05. The maximum absolute atomic E-state index is 11.6. The van der Waals surface area contributed by atoms with Crippen LogP contribution in [0.2, 0.25) is 0 Å². The first-order chi connectivity index (χ1) is 9.55. The first-order valence-corrected chi connectivity index (χ1v) is 8.56. The van der Waals surface area contributed by atoms with E-state index in [0.29, 0.717) is 0 Å². The molecular formula is C15H18N2O2S. The molecular weight excluding hydrogens is 272 g/mol. The minimum Gasteiger partial charge on any atom is -0.383 e. The Morgan fingerprint density at radius 2 is 1.90 bits per heavy atom. The van der Waals surface area contributed by atoms with E-state index in [9.17, 15) is 8.42 Å². The number of sulfonamides is 1. The molecule has 1 aliphatic carbocycles. The van der Waals surface area contributed by atoms with Crippen molar-refractivity contribution in [1.29, 1.82) is 0 Å². The van der Waals surface area contributed by atoms with Gasteiger partial charge in [0.25, 0.3) is 10.0 Å². The molecule has 0 atom stereocenters. The molecule has 1 aromatic carbocycles. The zero-order valence-electron chi connectivity index (χ0n) is 11.3. The van der Waals surface area contributed by atoms with Crippen molar-refractivity contribution in [2.45, 2.75) is 37.9 Å². The van der Waals surface area contributed by atoms with Gasteiger partial charge in [-0.15, -0.1) is 4.40 Å².